The van der Waals surface area contributed by atoms with Gasteiger partial charge in [-0.2, -0.15) is 0 Å². The highest BCUT2D eigenvalue weighted by atomic mass is 127. The molecule has 0 atom stereocenters. The lowest BCUT2D eigenvalue weighted by Gasteiger charge is -2.27. The zero-order valence-corrected chi connectivity index (χ0v) is 22.2. The van der Waals surface area contributed by atoms with Gasteiger partial charge in [0.2, 0.25) is 0 Å². The third kappa shape index (κ3) is 5.73. The van der Waals surface area contributed by atoms with E-state index in [1.54, 1.807) is 24.3 Å². The van der Waals surface area contributed by atoms with E-state index in [1.807, 2.05) is 56.3 Å². The Morgan fingerprint density at radius 2 is 1.67 bits per heavy atom. The van der Waals surface area contributed by atoms with Crippen LogP contribution in [-0.2, 0) is 22.6 Å². The molecule has 6 nitrogen and oxygen atoms in total. The van der Waals surface area contributed by atoms with Gasteiger partial charge in [-0.15, -0.1) is 6.58 Å². The minimum atomic E-state index is -0.765. The molecule has 36 heavy (non-hydrogen) atoms. The van der Waals surface area contributed by atoms with Crippen molar-refractivity contribution < 1.29 is 19.1 Å². The number of nitrogens with zero attached hydrogens (tertiary/aromatic N) is 1. The number of barbiturate groups is 1. The zero-order valence-electron chi connectivity index (χ0n) is 20.0. The van der Waals surface area contributed by atoms with Gasteiger partial charge < -0.3 is 4.74 Å². The van der Waals surface area contributed by atoms with Gasteiger partial charge in [-0.25, -0.2) is 9.69 Å². The molecule has 182 valence electrons. The number of anilines is 1. The predicted molar refractivity (Wildman–Crippen MR) is 149 cm³/mol. The molecule has 1 heterocycles. The molecule has 1 aliphatic heterocycles. The first kappa shape index (κ1) is 25.4. The number of hydrogen-bond donors (Lipinski definition) is 1. The summed E-state index contributed by atoms with van der Waals surface area (Å²) in [6.07, 6.45) is 3.81. The molecule has 3 aromatic rings. The van der Waals surface area contributed by atoms with Crippen LogP contribution in [0, 0.1) is 17.4 Å². The number of allylic oxidation sites excluding steroid dienone is 1. The lowest BCUT2D eigenvalue weighted by Crippen LogP contribution is -2.54. The number of urea groups is 1. The van der Waals surface area contributed by atoms with Gasteiger partial charge in [0.25, 0.3) is 11.8 Å². The third-order valence-electron chi connectivity index (χ3n) is 5.63. The molecule has 1 saturated heterocycles. The van der Waals surface area contributed by atoms with E-state index >= 15 is 0 Å². The van der Waals surface area contributed by atoms with Crippen LogP contribution in [0.1, 0.15) is 27.8 Å². The van der Waals surface area contributed by atoms with Gasteiger partial charge in [-0.05, 0) is 113 Å². The summed E-state index contributed by atoms with van der Waals surface area (Å²) in [6.45, 7) is 8.00. The Kier molecular flexibility index (Phi) is 7.69. The molecule has 0 bridgehead atoms. The van der Waals surface area contributed by atoms with Gasteiger partial charge in [0, 0.05) is 3.57 Å². The summed E-state index contributed by atoms with van der Waals surface area (Å²) in [5.41, 5.74) is 4.67. The van der Waals surface area contributed by atoms with Gasteiger partial charge in [-0.1, -0.05) is 30.3 Å². The molecular weight excluding hydrogens is 567 g/mol. The number of benzene rings is 3. The second-order valence-electron chi connectivity index (χ2n) is 8.58. The van der Waals surface area contributed by atoms with E-state index in [0.29, 0.717) is 30.0 Å². The second kappa shape index (κ2) is 10.9. The number of imide groups is 2. The van der Waals surface area contributed by atoms with E-state index in [-0.39, 0.29) is 5.57 Å². The summed E-state index contributed by atoms with van der Waals surface area (Å²) >= 11 is 2.26. The number of hydrogen-bond acceptors (Lipinski definition) is 4. The fourth-order valence-corrected chi connectivity index (χ4v) is 4.38. The van der Waals surface area contributed by atoms with Gasteiger partial charge in [0.05, 0.1) is 5.69 Å². The van der Waals surface area contributed by atoms with Crippen molar-refractivity contribution in [3.8, 4) is 5.75 Å². The standard InChI is InChI=1S/C29H25IN2O4/c1-4-5-22-15-21(8-11-26(22)36-17-20-6-9-23(30)10-7-20)16-25-27(33)31-29(35)32(28(25)34)24-13-18(2)12-19(3)14-24/h4,6-16H,1,5,17H2,2-3H3,(H,31,33,35)/b25-16+. The molecule has 0 radical (unpaired) electrons. The van der Waals surface area contributed by atoms with E-state index in [4.69, 9.17) is 4.74 Å². The fourth-order valence-electron chi connectivity index (χ4n) is 4.03. The van der Waals surface area contributed by atoms with E-state index in [0.717, 1.165) is 30.7 Å². The Hall–Kier alpha value is -3.72. The maximum absolute atomic E-state index is 13.3. The number of amides is 4. The molecular formula is C29H25IN2O4. The number of aryl methyl sites for hydroxylation is 2. The van der Waals surface area contributed by atoms with Crippen LogP contribution in [0.15, 0.2) is 78.9 Å². The van der Waals surface area contributed by atoms with Gasteiger partial charge >= 0.3 is 6.03 Å². The minimum Gasteiger partial charge on any atom is -0.489 e. The minimum absolute atomic E-state index is 0.120. The molecule has 1 N–H and O–H groups in total. The maximum Gasteiger partial charge on any atom is 0.335 e. The number of ether oxygens (including phenoxy) is 1. The highest BCUT2D eigenvalue weighted by Crippen LogP contribution is 2.27. The summed E-state index contributed by atoms with van der Waals surface area (Å²) in [5, 5.41) is 2.28. The molecule has 7 heteroatoms. The van der Waals surface area contributed by atoms with E-state index in [1.165, 1.54) is 6.08 Å². The molecule has 0 aromatic heterocycles. The van der Waals surface area contributed by atoms with Crippen molar-refractivity contribution >= 4 is 52.2 Å². The molecule has 0 aliphatic carbocycles. The lowest BCUT2D eigenvalue weighted by molar-refractivity contribution is -0.122. The van der Waals surface area contributed by atoms with Crippen LogP contribution in [0.5, 0.6) is 5.75 Å². The first-order valence-corrected chi connectivity index (χ1v) is 12.4. The van der Waals surface area contributed by atoms with Crippen molar-refractivity contribution in [2.45, 2.75) is 26.9 Å². The summed E-state index contributed by atoms with van der Waals surface area (Å²) in [7, 11) is 0. The summed E-state index contributed by atoms with van der Waals surface area (Å²) in [4.78, 5) is 39.4. The molecule has 3 aromatic carbocycles. The number of rotatable bonds is 7. The van der Waals surface area contributed by atoms with Crippen molar-refractivity contribution in [2.24, 2.45) is 0 Å². The quantitative estimate of drug-likeness (QED) is 0.161. The van der Waals surface area contributed by atoms with Crippen molar-refractivity contribution in [1.82, 2.24) is 5.32 Å². The SMILES string of the molecule is C=CCc1cc(/C=C2\C(=O)NC(=O)N(c3cc(C)cc(C)c3)C2=O)ccc1OCc1ccc(I)cc1. The largest absolute Gasteiger partial charge is 0.489 e. The molecule has 1 fully saturated rings. The first-order valence-electron chi connectivity index (χ1n) is 11.4. The third-order valence-corrected chi connectivity index (χ3v) is 6.35. The fraction of sp³-hybridized carbons (Fsp3) is 0.138. The lowest BCUT2D eigenvalue weighted by atomic mass is 10.0. The smallest absolute Gasteiger partial charge is 0.335 e. The molecule has 4 rings (SSSR count). The molecule has 0 unspecified atom stereocenters. The molecule has 0 spiro atoms. The molecule has 1 aliphatic rings. The van der Waals surface area contributed by atoms with Crippen LogP contribution in [0.25, 0.3) is 6.08 Å². The summed E-state index contributed by atoms with van der Waals surface area (Å²) in [5.74, 6) is -0.699. The normalized spacial score (nSPS) is 14.7. The number of nitrogens with one attached hydrogen (secondary N) is 1. The molecule has 4 amide bonds. The Morgan fingerprint density at radius 3 is 2.33 bits per heavy atom. The van der Waals surface area contributed by atoms with Crippen molar-refractivity contribution in [1.29, 1.82) is 0 Å². The maximum atomic E-state index is 13.3. The van der Waals surface area contributed by atoms with Crippen molar-refractivity contribution in [2.75, 3.05) is 4.90 Å². The van der Waals surface area contributed by atoms with Crippen molar-refractivity contribution in [3.05, 3.63) is 110 Å². The van der Waals surface area contributed by atoms with E-state index < -0.39 is 17.8 Å². The van der Waals surface area contributed by atoms with E-state index in [9.17, 15) is 14.4 Å². The van der Waals surface area contributed by atoms with Gasteiger partial charge in [-0.3, -0.25) is 14.9 Å². The van der Waals surface area contributed by atoms with Crippen LogP contribution in [0.2, 0.25) is 0 Å². The van der Waals surface area contributed by atoms with Crippen molar-refractivity contribution in [3.63, 3.8) is 0 Å². The second-order valence-corrected chi connectivity index (χ2v) is 9.82. The number of halogens is 1. The zero-order chi connectivity index (χ0) is 25.8. The van der Waals surface area contributed by atoms with Crippen LogP contribution in [-0.4, -0.2) is 17.8 Å². The highest BCUT2D eigenvalue weighted by Gasteiger charge is 2.37. The van der Waals surface area contributed by atoms with Crippen LogP contribution in [0.4, 0.5) is 10.5 Å². The topological polar surface area (TPSA) is 75.7 Å². The highest BCUT2D eigenvalue weighted by molar-refractivity contribution is 14.1. The van der Waals surface area contributed by atoms with Gasteiger partial charge in [0.15, 0.2) is 0 Å². The van der Waals surface area contributed by atoms with Crippen LogP contribution >= 0.6 is 22.6 Å². The molecule has 0 saturated carbocycles. The Labute approximate surface area is 223 Å². The predicted octanol–water partition coefficient (Wildman–Crippen LogP) is 5.88. The summed E-state index contributed by atoms with van der Waals surface area (Å²) in [6, 6.07) is 18.2. The average molecular weight is 592 g/mol. The number of carbonyl (C=O) groups is 3. The monoisotopic (exact) mass is 592 g/mol. The van der Waals surface area contributed by atoms with E-state index in [2.05, 4.69) is 34.5 Å². The number of carbonyl (C=O) groups excluding carboxylic acids is 3. The van der Waals surface area contributed by atoms with Crippen LogP contribution < -0.4 is 15.0 Å². The van der Waals surface area contributed by atoms with Crippen LogP contribution in [0.3, 0.4) is 0 Å². The van der Waals surface area contributed by atoms with Gasteiger partial charge in [0.1, 0.15) is 17.9 Å². The Bertz CT molecular complexity index is 1370. The Balaban J connectivity index is 1.62. The summed E-state index contributed by atoms with van der Waals surface area (Å²) < 4.78 is 7.20. The Morgan fingerprint density at radius 1 is 0.972 bits per heavy atom. The first-order chi connectivity index (χ1) is 17.2. The average Bonchev–Trinajstić information content (AvgIpc) is 2.82.